The Hall–Kier alpha value is -2.70. The summed E-state index contributed by atoms with van der Waals surface area (Å²) in [6, 6.07) is 5.06. The zero-order valence-electron chi connectivity index (χ0n) is 12.6. The van der Waals surface area contributed by atoms with E-state index in [9.17, 15) is 9.59 Å². The zero-order chi connectivity index (χ0) is 16.3. The smallest absolute Gasteiger partial charge is 0.274 e. The van der Waals surface area contributed by atoms with Gasteiger partial charge in [0.05, 0.1) is 0 Å². The van der Waals surface area contributed by atoms with Gasteiger partial charge in [0, 0.05) is 24.0 Å². The van der Waals surface area contributed by atoms with Gasteiger partial charge in [0.2, 0.25) is 5.91 Å². The molecule has 2 amide bonds. The molecule has 2 aromatic heterocycles. The van der Waals surface area contributed by atoms with Crippen LogP contribution in [0.2, 0.25) is 0 Å². The minimum absolute atomic E-state index is 0.128. The minimum Gasteiger partial charge on any atom is -0.368 e. The van der Waals surface area contributed by atoms with E-state index in [1.807, 2.05) is 0 Å². The van der Waals surface area contributed by atoms with E-state index < -0.39 is 17.4 Å². The van der Waals surface area contributed by atoms with Gasteiger partial charge in [-0.05, 0) is 25.0 Å². The van der Waals surface area contributed by atoms with Gasteiger partial charge in [-0.3, -0.25) is 14.6 Å². The van der Waals surface area contributed by atoms with Gasteiger partial charge in [-0.25, -0.2) is 0 Å². The molecule has 0 aliphatic heterocycles. The third-order valence-electron chi connectivity index (χ3n) is 4.24. The molecule has 0 bridgehead atoms. The molecule has 0 aromatic carbocycles. The number of pyridine rings is 1. The van der Waals surface area contributed by atoms with Crippen LogP contribution in [-0.2, 0) is 4.79 Å². The van der Waals surface area contributed by atoms with Crippen molar-refractivity contribution in [2.45, 2.75) is 37.6 Å². The van der Waals surface area contributed by atoms with E-state index in [4.69, 9.17) is 10.3 Å². The van der Waals surface area contributed by atoms with E-state index in [0.29, 0.717) is 18.6 Å². The molecule has 0 unspecified atom stereocenters. The predicted octanol–water partition coefficient (Wildman–Crippen LogP) is 1.65. The van der Waals surface area contributed by atoms with E-state index in [1.54, 1.807) is 30.6 Å². The Labute approximate surface area is 133 Å². The molecule has 0 saturated heterocycles. The van der Waals surface area contributed by atoms with E-state index in [2.05, 4.69) is 15.5 Å². The number of nitrogens with one attached hydrogen (secondary N) is 1. The van der Waals surface area contributed by atoms with E-state index in [-0.39, 0.29) is 5.69 Å². The highest BCUT2D eigenvalue weighted by molar-refractivity contribution is 5.98. The summed E-state index contributed by atoms with van der Waals surface area (Å²) in [6.45, 7) is 0. The van der Waals surface area contributed by atoms with Gasteiger partial charge in [0.1, 0.15) is 5.54 Å². The van der Waals surface area contributed by atoms with Gasteiger partial charge in [0.25, 0.3) is 5.91 Å². The highest BCUT2D eigenvalue weighted by atomic mass is 16.5. The fraction of sp³-hybridized carbons (Fsp3) is 0.375. The highest BCUT2D eigenvalue weighted by Gasteiger charge is 2.39. The summed E-state index contributed by atoms with van der Waals surface area (Å²) in [5, 5.41) is 6.55. The van der Waals surface area contributed by atoms with Gasteiger partial charge >= 0.3 is 0 Å². The van der Waals surface area contributed by atoms with Crippen LogP contribution in [-0.4, -0.2) is 27.5 Å². The normalized spacial score (nSPS) is 16.7. The molecular formula is C16H18N4O3. The number of nitrogens with zero attached hydrogens (tertiary/aromatic N) is 2. The lowest BCUT2D eigenvalue weighted by molar-refractivity contribution is -0.125. The topological polar surface area (TPSA) is 111 Å². The van der Waals surface area contributed by atoms with Crippen LogP contribution < -0.4 is 11.1 Å². The Bertz CT molecular complexity index is 705. The lowest BCUT2D eigenvalue weighted by Gasteiger charge is -2.34. The lowest BCUT2D eigenvalue weighted by atomic mass is 9.81. The summed E-state index contributed by atoms with van der Waals surface area (Å²) in [7, 11) is 0. The first-order chi connectivity index (χ1) is 11.1. The first-order valence-corrected chi connectivity index (χ1v) is 7.60. The first kappa shape index (κ1) is 15.2. The largest absolute Gasteiger partial charge is 0.368 e. The van der Waals surface area contributed by atoms with Crippen molar-refractivity contribution in [1.29, 1.82) is 0 Å². The van der Waals surface area contributed by atoms with Crippen molar-refractivity contribution in [3.8, 4) is 11.3 Å². The quantitative estimate of drug-likeness (QED) is 0.891. The second-order valence-electron chi connectivity index (χ2n) is 5.77. The van der Waals surface area contributed by atoms with Crippen molar-refractivity contribution in [2.24, 2.45) is 5.73 Å². The van der Waals surface area contributed by atoms with E-state index >= 15 is 0 Å². The van der Waals surface area contributed by atoms with Crippen molar-refractivity contribution < 1.29 is 14.1 Å². The van der Waals surface area contributed by atoms with E-state index in [0.717, 1.165) is 24.8 Å². The summed E-state index contributed by atoms with van der Waals surface area (Å²) in [4.78, 5) is 28.2. The monoisotopic (exact) mass is 314 g/mol. The average Bonchev–Trinajstić information content (AvgIpc) is 3.06. The van der Waals surface area contributed by atoms with Gasteiger partial charge in [-0.2, -0.15) is 0 Å². The van der Waals surface area contributed by atoms with Gasteiger partial charge in [-0.1, -0.05) is 24.4 Å². The number of carbonyl (C=O) groups excluding carboxylic acids is 2. The predicted molar refractivity (Wildman–Crippen MR) is 82.2 cm³/mol. The van der Waals surface area contributed by atoms with Crippen molar-refractivity contribution in [1.82, 2.24) is 15.5 Å². The van der Waals surface area contributed by atoms with E-state index in [1.165, 1.54) is 0 Å². The Morgan fingerprint density at radius 3 is 2.52 bits per heavy atom. The third-order valence-corrected chi connectivity index (χ3v) is 4.24. The first-order valence-electron chi connectivity index (χ1n) is 7.60. The molecule has 3 rings (SSSR count). The molecule has 120 valence electrons. The average molecular weight is 314 g/mol. The minimum atomic E-state index is -0.981. The number of amides is 2. The van der Waals surface area contributed by atoms with Crippen LogP contribution in [0, 0.1) is 0 Å². The molecule has 7 heteroatoms. The molecule has 1 aliphatic carbocycles. The van der Waals surface area contributed by atoms with Crippen molar-refractivity contribution in [2.75, 3.05) is 0 Å². The Balaban J connectivity index is 1.78. The highest BCUT2D eigenvalue weighted by Crippen LogP contribution is 2.28. The fourth-order valence-electron chi connectivity index (χ4n) is 2.90. The van der Waals surface area contributed by atoms with Gasteiger partial charge in [-0.15, -0.1) is 0 Å². The SMILES string of the molecule is NC(=O)C1(NC(=O)c2cc(-c3ccncc3)on2)CCCCC1. The molecule has 3 N–H and O–H groups in total. The fourth-order valence-corrected chi connectivity index (χ4v) is 2.90. The summed E-state index contributed by atoms with van der Waals surface area (Å²) in [5.41, 5.74) is 5.44. The second-order valence-corrected chi connectivity index (χ2v) is 5.77. The second kappa shape index (κ2) is 6.20. The molecule has 1 fully saturated rings. The van der Waals surface area contributed by atoms with Gasteiger partial charge < -0.3 is 15.6 Å². The molecular weight excluding hydrogens is 296 g/mol. The summed E-state index contributed by atoms with van der Waals surface area (Å²) < 4.78 is 5.20. The number of aromatic nitrogens is 2. The van der Waals surface area contributed by atoms with Crippen LogP contribution in [0.5, 0.6) is 0 Å². The van der Waals surface area contributed by atoms with Crippen LogP contribution in [0.3, 0.4) is 0 Å². The maximum atomic E-state index is 12.4. The van der Waals surface area contributed by atoms with Gasteiger partial charge in [0.15, 0.2) is 11.5 Å². The third kappa shape index (κ3) is 3.08. The van der Waals surface area contributed by atoms with Crippen molar-refractivity contribution in [3.05, 3.63) is 36.3 Å². The van der Waals surface area contributed by atoms with Crippen molar-refractivity contribution >= 4 is 11.8 Å². The van der Waals surface area contributed by atoms with Crippen LogP contribution in [0.1, 0.15) is 42.6 Å². The summed E-state index contributed by atoms with van der Waals surface area (Å²) in [5.74, 6) is -0.479. The summed E-state index contributed by atoms with van der Waals surface area (Å²) in [6.07, 6.45) is 7.14. The van der Waals surface area contributed by atoms with Crippen LogP contribution in [0.15, 0.2) is 35.1 Å². The Kier molecular flexibility index (Phi) is 4.10. The number of hydrogen-bond donors (Lipinski definition) is 2. The number of carbonyl (C=O) groups is 2. The Morgan fingerprint density at radius 2 is 1.87 bits per heavy atom. The Morgan fingerprint density at radius 1 is 1.17 bits per heavy atom. The molecule has 7 nitrogen and oxygen atoms in total. The molecule has 2 aromatic rings. The molecule has 1 aliphatic rings. The number of hydrogen-bond acceptors (Lipinski definition) is 5. The van der Waals surface area contributed by atoms with Crippen LogP contribution >= 0.6 is 0 Å². The number of rotatable bonds is 4. The summed E-state index contributed by atoms with van der Waals surface area (Å²) >= 11 is 0. The number of primary amides is 1. The van der Waals surface area contributed by atoms with Crippen molar-refractivity contribution in [3.63, 3.8) is 0 Å². The molecule has 2 heterocycles. The molecule has 0 spiro atoms. The number of nitrogens with two attached hydrogens (primary N) is 1. The standard InChI is InChI=1S/C16H18N4O3/c17-15(22)16(6-2-1-3-7-16)19-14(21)12-10-13(23-20-12)11-4-8-18-9-5-11/h4-5,8-10H,1-3,6-7H2,(H2,17,22)(H,19,21). The molecule has 1 saturated carbocycles. The van der Waals surface area contributed by atoms with Crippen LogP contribution in [0.25, 0.3) is 11.3 Å². The zero-order valence-corrected chi connectivity index (χ0v) is 12.6. The molecule has 23 heavy (non-hydrogen) atoms. The molecule has 0 atom stereocenters. The van der Waals surface area contributed by atoms with Crippen LogP contribution in [0.4, 0.5) is 0 Å². The maximum Gasteiger partial charge on any atom is 0.274 e. The maximum absolute atomic E-state index is 12.4. The molecule has 0 radical (unpaired) electrons. The lowest BCUT2D eigenvalue weighted by Crippen LogP contribution is -2.58.